The predicted molar refractivity (Wildman–Crippen MR) is 152 cm³/mol. The maximum atomic E-state index is 13.9. The van der Waals surface area contributed by atoms with Crippen LogP contribution in [0, 0.1) is 5.41 Å². The van der Waals surface area contributed by atoms with E-state index in [0.717, 1.165) is 24.1 Å². The lowest BCUT2D eigenvalue weighted by atomic mass is 9.85. The van der Waals surface area contributed by atoms with Gasteiger partial charge in [0.05, 0.1) is 11.8 Å². The molecule has 3 aromatic rings. The second-order valence-corrected chi connectivity index (χ2v) is 12.0. The van der Waals surface area contributed by atoms with E-state index < -0.39 is 23.6 Å². The first-order chi connectivity index (χ1) is 19.5. The zero-order valence-corrected chi connectivity index (χ0v) is 23.9. The van der Waals surface area contributed by atoms with Gasteiger partial charge in [0, 0.05) is 62.3 Å². The van der Waals surface area contributed by atoms with Crippen molar-refractivity contribution in [3.63, 3.8) is 0 Å². The van der Waals surface area contributed by atoms with Gasteiger partial charge in [-0.3, -0.25) is 19.4 Å². The number of hydrogen-bond donors (Lipinski definition) is 2. The number of β-amino-alcohol motifs (C(OH)–C–C–N with tert-alkyl or cyclic N) is 1. The Morgan fingerprint density at radius 2 is 1.78 bits per heavy atom. The highest BCUT2D eigenvalue weighted by Crippen LogP contribution is 2.40. The molecule has 3 amide bonds. The minimum absolute atomic E-state index is 0.0835. The third-order valence-electron chi connectivity index (χ3n) is 7.73. The van der Waals surface area contributed by atoms with Crippen LogP contribution in [-0.4, -0.2) is 73.4 Å². The highest BCUT2D eigenvalue weighted by atomic mass is 16.3. The van der Waals surface area contributed by atoms with Crippen molar-refractivity contribution in [2.24, 2.45) is 5.41 Å². The van der Waals surface area contributed by atoms with Crippen molar-refractivity contribution in [2.45, 2.75) is 70.7 Å². The van der Waals surface area contributed by atoms with Gasteiger partial charge in [0.15, 0.2) is 0 Å². The van der Waals surface area contributed by atoms with Crippen molar-refractivity contribution >= 4 is 23.4 Å². The van der Waals surface area contributed by atoms with Crippen LogP contribution in [0.3, 0.4) is 0 Å². The van der Waals surface area contributed by atoms with Gasteiger partial charge < -0.3 is 20.2 Å². The summed E-state index contributed by atoms with van der Waals surface area (Å²) in [5, 5.41) is 21.9. The Hall–Kier alpha value is -4.12. The van der Waals surface area contributed by atoms with Crippen LogP contribution in [-0.2, 0) is 16.1 Å². The zero-order chi connectivity index (χ0) is 29.3. The first-order valence-electron chi connectivity index (χ1n) is 14.0. The molecule has 5 rings (SSSR count). The largest absolute Gasteiger partial charge is 0.391 e. The van der Waals surface area contributed by atoms with E-state index in [-0.39, 0.29) is 37.2 Å². The first kappa shape index (κ1) is 28.4. The van der Waals surface area contributed by atoms with Crippen molar-refractivity contribution < 1.29 is 19.5 Å². The van der Waals surface area contributed by atoms with Crippen LogP contribution < -0.4 is 10.2 Å². The number of aromatic nitrogens is 4. The molecule has 0 spiro atoms. The number of benzene rings is 1. The number of nitrogens with one attached hydrogen (secondary N) is 1. The lowest BCUT2D eigenvalue weighted by Gasteiger charge is -2.34. The summed E-state index contributed by atoms with van der Waals surface area (Å²) < 4.78 is 1.62. The molecule has 2 aliphatic rings. The van der Waals surface area contributed by atoms with Crippen LogP contribution >= 0.6 is 0 Å². The molecular weight excluding hydrogens is 522 g/mol. The molecule has 1 saturated carbocycles. The van der Waals surface area contributed by atoms with E-state index >= 15 is 0 Å². The Bertz CT molecular complexity index is 1400. The topological polar surface area (TPSA) is 134 Å². The number of rotatable bonds is 8. The van der Waals surface area contributed by atoms with Crippen molar-refractivity contribution in [1.82, 2.24) is 30.2 Å². The summed E-state index contributed by atoms with van der Waals surface area (Å²) in [5.74, 6) is -0.328. The number of hydrogen-bond acceptors (Lipinski definition) is 7. The molecule has 1 aromatic carbocycles. The summed E-state index contributed by atoms with van der Waals surface area (Å²) in [6.45, 7) is 6.20. The van der Waals surface area contributed by atoms with Gasteiger partial charge in [-0.05, 0) is 48.1 Å². The summed E-state index contributed by atoms with van der Waals surface area (Å²) in [7, 11) is 1.70. The van der Waals surface area contributed by atoms with Crippen LogP contribution in [0.2, 0.25) is 0 Å². The van der Waals surface area contributed by atoms with Crippen molar-refractivity contribution in [3.8, 4) is 0 Å². The Kier molecular flexibility index (Phi) is 7.90. The summed E-state index contributed by atoms with van der Waals surface area (Å²) >= 11 is 0. The molecule has 41 heavy (non-hydrogen) atoms. The molecule has 1 aliphatic heterocycles. The Labute approximate surface area is 239 Å². The lowest BCUT2D eigenvalue weighted by molar-refractivity contribution is -0.144. The predicted octanol–water partition coefficient (Wildman–Crippen LogP) is 2.69. The summed E-state index contributed by atoms with van der Waals surface area (Å²) in [4.78, 5) is 46.9. The smallest absolute Gasteiger partial charge is 0.258 e. The number of nitrogens with zero attached hydrogens (tertiary/aromatic N) is 6. The summed E-state index contributed by atoms with van der Waals surface area (Å²) in [6, 6.07) is 9.19. The number of likely N-dealkylation sites (tertiary alicyclic amines) is 1. The van der Waals surface area contributed by atoms with E-state index in [0.29, 0.717) is 17.2 Å². The molecule has 3 heterocycles. The Morgan fingerprint density at radius 3 is 2.41 bits per heavy atom. The average Bonchev–Trinajstić information content (AvgIpc) is 3.57. The third kappa shape index (κ3) is 6.30. The molecule has 0 radical (unpaired) electrons. The van der Waals surface area contributed by atoms with Gasteiger partial charge in [0.1, 0.15) is 12.1 Å². The van der Waals surface area contributed by atoms with Gasteiger partial charge in [-0.1, -0.05) is 38.1 Å². The minimum Gasteiger partial charge on any atom is -0.391 e. The first-order valence-corrected chi connectivity index (χ1v) is 14.0. The normalized spacial score (nSPS) is 19.6. The molecule has 2 fully saturated rings. The second kappa shape index (κ2) is 11.4. The second-order valence-electron chi connectivity index (χ2n) is 12.0. The fourth-order valence-corrected chi connectivity index (χ4v) is 5.28. The van der Waals surface area contributed by atoms with Crippen LogP contribution in [0.4, 0.5) is 5.69 Å². The molecule has 11 heteroatoms. The summed E-state index contributed by atoms with van der Waals surface area (Å²) in [6.07, 6.45) is 6.54. The fraction of sp³-hybridized carbons (Fsp3) is 0.467. The number of carbonyl (C=O) groups excluding carboxylic acids is 3. The van der Waals surface area contributed by atoms with Gasteiger partial charge in [-0.25, -0.2) is 4.68 Å². The number of aliphatic hydroxyl groups is 1. The quantitative estimate of drug-likeness (QED) is 0.434. The van der Waals surface area contributed by atoms with E-state index in [2.05, 4.69) is 20.6 Å². The Balaban J connectivity index is 1.24. The molecule has 1 aliphatic carbocycles. The van der Waals surface area contributed by atoms with Crippen molar-refractivity contribution in [1.29, 1.82) is 0 Å². The van der Waals surface area contributed by atoms with Gasteiger partial charge in [0.25, 0.3) is 5.91 Å². The highest BCUT2D eigenvalue weighted by Gasteiger charge is 2.45. The van der Waals surface area contributed by atoms with Crippen LogP contribution in [0.5, 0.6) is 0 Å². The standard InChI is InChI=1S/C30H37N7O4/c1-30(2,3)26(37-18-24(33-34-37)20-7-8-20)29(41)36-17-23(38)15-25(36)27(39)32-16-19-5-9-22(10-6-19)35(4)28(40)21-11-13-31-14-12-21/h5-6,9-14,18,20,23,25-26,38H,7-8,15-17H2,1-4H3,(H,32,39)/t23-,25+,26-/m1/s1. The molecule has 2 N–H and O–H groups in total. The number of anilines is 1. The van der Waals surface area contributed by atoms with Crippen molar-refractivity contribution in [3.05, 3.63) is 71.8 Å². The SMILES string of the molecule is CN(C(=O)c1ccncc1)c1ccc(CNC(=O)[C@@H]2C[C@@H](O)CN2C(=O)[C@@H](n2cc(C3CC3)nn2)C(C)(C)C)cc1. The van der Waals surface area contributed by atoms with Gasteiger partial charge >= 0.3 is 0 Å². The number of pyridine rings is 1. The zero-order valence-electron chi connectivity index (χ0n) is 23.9. The van der Waals surface area contributed by atoms with E-state index in [4.69, 9.17) is 0 Å². The number of aliphatic hydroxyl groups excluding tert-OH is 1. The average molecular weight is 560 g/mol. The molecule has 2 aromatic heterocycles. The summed E-state index contributed by atoms with van der Waals surface area (Å²) in [5.41, 5.74) is 2.49. The molecule has 0 bridgehead atoms. The van der Waals surface area contributed by atoms with E-state index in [1.165, 1.54) is 4.90 Å². The highest BCUT2D eigenvalue weighted by molar-refractivity contribution is 6.05. The minimum atomic E-state index is -0.794. The van der Waals surface area contributed by atoms with E-state index in [9.17, 15) is 19.5 Å². The number of carbonyl (C=O) groups is 3. The lowest BCUT2D eigenvalue weighted by Crippen LogP contribution is -2.50. The van der Waals surface area contributed by atoms with Crippen LogP contribution in [0.25, 0.3) is 0 Å². The third-order valence-corrected chi connectivity index (χ3v) is 7.73. The molecule has 216 valence electrons. The monoisotopic (exact) mass is 559 g/mol. The molecule has 3 atom stereocenters. The van der Waals surface area contributed by atoms with Gasteiger partial charge in [-0.2, -0.15) is 0 Å². The molecule has 11 nitrogen and oxygen atoms in total. The van der Waals surface area contributed by atoms with Gasteiger partial charge in [0.2, 0.25) is 11.8 Å². The van der Waals surface area contributed by atoms with Crippen LogP contribution in [0.1, 0.15) is 73.6 Å². The number of amides is 3. The molecular formula is C30H37N7O4. The maximum Gasteiger partial charge on any atom is 0.258 e. The Morgan fingerprint density at radius 1 is 1.10 bits per heavy atom. The van der Waals surface area contributed by atoms with Gasteiger partial charge in [-0.15, -0.1) is 5.10 Å². The van der Waals surface area contributed by atoms with Crippen molar-refractivity contribution in [2.75, 3.05) is 18.5 Å². The molecule has 0 unspecified atom stereocenters. The van der Waals surface area contributed by atoms with Crippen LogP contribution in [0.15, 0.2) is 55.0 Å². The van der Waals surface area contributed by atoms with E-state index in [1.807, 2.05) is 51.2 Å². The maximum absolute atomic E-state index is 13.9. The van der Waals surface area contributed by atoms with E-state index in [1.54, 1.807) is 41.2 Å². The fourth-order valence-electron chi connectivity index (χ4n) is 5.28. The molecule has 1 saturated heterocycles.